The molecule has 5 N–H and O–H groups in total. The van der Waals surface area contributed by atoms with Gasteiger partial charge in [-0.05, 0) is 26.2 Å². The number of primary amides is 1. The van der Waals surface area contributed by atoms with Gasteiger partial charge in [0.15, 0.2) is 6.10 Å². The van der Waals surface area contributed by atoms with Crippen LogP contribution in [0.4, 0.5) is 4.79 Å². The molecule has 0 aliphatic carbocycles. The Labute approximate surface area is 144 Å². The van der Waals surface area contributed by atoms with Crippen molar-refractivity contribution in [3.8, 4) is 0 Å². The normalized spacial score (nSPS) is 25.5. The van der Waals surface area contributed by atoms with Gasteiger partial charge >= 0.3 is 6.09 Å². The maximum atomic E-state index is 12.7. The van der Waals surface area contributed by atoms with Crippen LogP contribution in [0, 0.1) is 5.92 Å². The van der Waals surface area contributed by atoms with Crippen molar-refractivity contribution in [2.75, 3.05) is 19.6 Å². The van der Waals surface area contributed by atoms with Crippen molar-refractivity contribution in [2.24, 2.45) is 11.7 Å². The number of amides is 4. The third-order valence-corrected chi connectivity index (χ3v) is 4.78. The molecule has 10 heteroatoms. The topological polar surface area (TPSA) is 153 Å². The van der Waals surface area contributed by atoms with Crippen LogP contribution in [-0.2, 0) is 14.4 Å². The number of hydrogen-bond donors (Lipinski definition) is 4. The Hall–Kier alpha value is -2.36. The van der Waals surface area contributed by atoms with E-state index in [2.05, 4.69) is 5.32 Å². The number of aliphatic hydroxyl groups excluding tert-OH is 1. The van der Waals surface area contributed by atoms with E-state index in [4.69, 9.17) is 10.8 Å². The summed E-state index contributed by atoms with van der Waals surface area (Å²) in [5.74, 6) is -2.07. The summed E-state index contributed by atoms with van der Waals surface area (Å²) in [4.78, 5) is 49.7. The van der Waals surface area contributed by atoms with E-state index in [1.165, 1.54) is 16.7 Å². The van der Waals surface area contributed by atoms with Crippen LogP contribution in [0.5, 0.6) is 0 Å². The minimum Gasteiger partial charge on any atom is -0.465 e. The molecule has 2 saturated heterocycles. The molecule has 0 unspecified atom stereocenters. The Morgan fingerprint density at radius 3 is 2.44 bits per heavy atom. The van der Waals surface area contributed by atoms with Crippen molar-refractivity contribution in [1.29, 1.82) is 0 Å². The summed E-state index contributed by atoms with van der Waals surface area (Å²) in [7, 11) is 0. The fourth-order valence-electron chi connectivity index (χ4n) is 3.32. The minimum atomic E-state index is -1.51. The smallest absolute Gasteiger partial charge is 0.407 e. The molecule has 0 spiro atoms. The number of nitrogens with one attached hydrogen (secondary N) is 1. The second-order valence-corrected chi connectivity index (χ2v) is 6.55. The average Bonchev–Trinajstić information content (AvgIpc) is 3.22. The zero-order chi connectivity index (χ0) is 18.7. The number of carboxylic acid groups (broad SMARTS) is 1. The summed E-state index contributed by atoms with van der Waals surface area (Å²) < 4.78 is 0. The zero-order valence-corrected chi connectivity index (χ0v) is 14.1. The van der Waals surface area contributed by atoms with E-state index in [9.17, 15) is 24.3 Å². The summed E-state index contributed by atoms with van der Waals surface area (Å²) in [6.45, 7) is 2.32. The second kappa shape index (κ2) is 7.68. The predicted octanol–water partition coefficient (Wildman–Crippen LogP) is -1.67. The highest BCUT2D eigenvalue weighted by Gasteiger charge is 2.40. The van der Waals surface area contributed by atoms with Gasteiger partial charge in [-0.2, -0.15) is 0 Å². The zero-order valence-electron chi connectivity index (χ0n) is 14.1. The standard InChI is InChI=1S/C15H24N4O6/c1-8(11(20)12(16)21)17-13(22)10-3-2-5-19(10)14(23)9-4-6-18(7-9)15(24)25/h8-11,20H,2-7H2,1H3,(H2,16,21)(H,17,22)(H,24,25)/t8-,9-,10+,11+/m0/s1. The molecule has 0 radical (unpaired) electrons. The number of rotatable bonds is 5. The van der Waals surface area contributed by atoms with E-state index >= 15 is 0 Å². The summed E-state index contributed by atoms with van der Waals surface area (Å²) in [5.41, 5.74) is 5.00. The van der Waals surface area contributed by atoms with Crippen molar-refractivity contribution in [3.05, 3.63) is 0 Å². The van der Waals surface area contributed by atoms with Crippen molar-refractivity contribution in [3.63, 3.8) is 0 Å². The van der Waals surface area contributed by atoms with Gasteiger partial charge < -0.3 is 31.1 Å². The molecule has 4 amide bonds. The Morgan fingerprint density at radius 2 is 1.88 bits per heavy atom. The number of carbonyl (C=O) groups excluding carboxylic acids is 3. The van der Waals surface area contributed by atoms with Gasteiger partial charge in [0.05, 0.1) is 12.0 Å². The molecule has 2 aliphatic rings. The number of aliphatic hydroxyl groups is 1. The highest BCUT2D eigenvalue weighted by Crippen LogP contribution is 2.25. The Bertz CT molecular complexity index is 568. The maximum Gasteiger partial charge on any atom is 0.407 e. The monoisotopic (exact) mass is 356 g/mol. The van der Waals surface area contributed by atoms with Crippen LogP contribution in [0.15, 0.2) is 0 Å². The third kappa shape index (κ3) is 4.19. The van der Waals surface area contributed by atoms with Gasteiger partial charge in [-0.1, -0.05) is 0 Å². The van der Waals surface area contributed by atoms with Crippen molar-refractivity contribution in [2.45, 2.75) is 44.4 Å². The molecule has 0 aromatic heterocycles. The highest BCUT2D eigenvalue weighted by molar-refractivity contribution is 5.90. The van der Waals surface area contributed by atoms with Gasteiger partial charge in [0.2, 0.25) is 17.7 Å². The number of nitrogens with zero attached hydrogens (tertiary/aromatic N) is 2. The molecule has 2 fully saturated rings. The van der Waals surface area contributed by atoms with Crippen LogP contribution in [0.25, 0.3) is 0 Å². The van der Waals surface area contributed by atoms with Crippen LogP contribution in [0.2, 0.25) is 0 Å². The van der Waals surface area contributed by atoms with Crippen LogP contribution in [0.1, 0.15) is 26.2 Å². The summed E-state index contributed by atoms with van der Waals surface area (Å²) in [6.07, 6.45) is -0.987. The van der Waals surface area contributed by atoms with Crippen LogP contribution in [0.3, 0.4) is 0 Å². The molecular weight excluding hydrogens is 332 g/mol. The molecule has 140 valence electrons. The van der Waals surface area contributed by atoms with Crippen LogP contribution >= 0.6 is 0 Å². The maximum absolute atomic E-state index is 12.7. The summed E-state index contributed by atoms with van der Waals surface area (Å²) in [5, 5.41) is 21.1. The average molecular weight is 356 g/mol. The SMILES string of the molecule is C[C@H](NC(=O)[C@H]1CCCN1C(=O)[C@H]1CCN(C(=O)O)C1)[C@@H](O)C(N)=O. The highest BCUT2D eigenvalue weighted by atomic mass is 16.4. The fourth-order valence-corrected chi connectivity index (χ4v) is 3.32. The molecule has 2 rings (SSSR count). The first-order valence-electron chi connectivity index (χ1n) is 8.28. The largest absolute Gasteiger partial charge is 0.465 e. The number of carbonyl (C=O) groups is 4. The molecule has 10 nitrogen and oxygen atoms in total. The molecule has 25 heavy (non-hydrogen) atoms. The van der Waals surface area contributed by atoms with Gasteiger partial charge in [0.1, 0.15) is 6.04 Å². The lowest BCUT2D eigenvalue weighted by Gasteiger charge is -2.28. The van der Waals surface area contributed by atoms with E-state index in [1.54, 1.807) is 0 Å². The molecule has 2 heterocycles. The van der Waals surface area contributed by atoms with Gasteiger partial charge in [-0.3, -0.25) is 14.4 Å². The number of likely N-dealkylation sites (tertiary alicyclic amines) is 2. The quantitative estimate of drug-likeness (QED) is 0.462. The lowest BCUT2D eigenvalue weighted by molar-refractivity contribution is -0.142. The lowest BCUT2D eigenvalue weighted by Crippen LogP contribution is -2.54. The molecule has 0 bridgehead atoms. The molecule has 0 aromatic carbocycles. The molecular formula is C15H24N4O6. The Morgan fingerprint density at radius 1 is 1.20 bits per heavy atom. The summed E-state index contributed by atoms with van der Waals surface area (Å²) in [6, 6.07) is -1.55. The first-order chi connectivity index (χ1) is 11.7. The second-order valence-electron chi connectivity index (χ2n) is 6.55. The van der Waals surface area contributed by atoms with Gasteiger partial charge in [-0.25, -0.2) is 4.79 Å². The van der Waals surface area contributed by atoms with Crippen molar-refractivity contribution in [1.82, 2.24) is 15.1 Å². The minimum absolute atomic E-state index is 0.135. The van der Waals surface area contributed by atoms with E-state index in [-0.39, 0.29) is 12.5 Å². The van der Waals surface area contributed by atoms with Crippen LogP contribution in [-0.4, -0.2) is 81.6 Å². The first kappa shape index (κ1) is 19.0. The third-order valence-electron chi connectivity index (χ3n) is 4.78. The van der Waals surface area contributed by atoms with E-state index < -0.39 is 42.0 Å². The lowest BCUT2D eigenvalue weighted by atomic mass is 10.1. The molecule has 2 aliphatic heterocycles. The fraction of sp³-hybridized carbons (Fsp3) is 0.733. The predicted molar refractivity (Wildman–Crippen MR) is 85.2 cm³/mol. The van der Waals surface area contributed by atoms with Gasteiger partial charge in [-0.15, -0.1) is 0 Å². The van der Waals surface area contributed by atoms with Crippen molar-refractivity contribution >= 4 is 23.8 Å². The van der Waals surface area contributed by atoms with Gasteiger partial charge in [0.25, 0.3) is 0 Å². The number of nitrogens with two attached hydrogens (primary N) is 1. The first-order valence-corrected chi connectivity index (χ1v) is 8.28. The van der Waals surface area contributed by atoms with Crippen molar-refractivity contribution < 1.29 is 29.4 Å². The van der Waals surface area contributed by atoms with E-state index in [0.29, 0.717) is 32.4 Å². The molecule has 0 aromatic rings. The number of hydrogen-bond acceptors (Lipinski definition) is 5. The van der Waals surface area contributed by atoms with E-state index in [1.807, 2.05) is 0 Å². The van der Waals surface area contributed by atoms with E-state index in [0.717, 1.165) is 0 Å². The molecule has 0 saturated carbocycles. The Balaban J connectivity index is 1.97. The summed E-state index contributed by atoms with van der Waals surface area (Å²) >= 11 is 0. The Kier molecular flexibility index (Phi) is 5.83. The van der Waals surface area contributed by atoms with Gasteiger partial charge in [0, 0.05) is 19.6 Å². The van der Waals surface area contributed by atoms with Crippen LogP contribution < -0.4 is 11.1 Å². The molecule has 4 atom stereocenters.